The van der Waals surface area contributed by atoms with Gasteiger partial charge in [-0.1, -0.05) is 34.1 Å². The van der Waals surface area contributed by atoms with Crippen molar-refractivity contribution in [3.63, 3.8) is 0 Å². The molecule has 1 aliphatic rings. The van der Waals surface area contributed by atoms with Gasteiger partial charge in [-0.05, 0) is 72.1 Å². The van der Waals surface area contributed by atoms with E-state index in [9.17, 15) is 14.4 Å². The summed E-state index contributed by atoms with van der Waals surface area (Å²) in [7, 11) is 2.71. The van der Waals surface area contributed by atoms with Crippen molar-refractivity contribution in [2.75, 3.05) is 20.8 Å². The quantitative estimate of drug-likeness (QED) is 0.161. The number of carbonyl (C=O) groups is 3. The molecule has 0 spiro atoms. The standard InChI is InChI=1S/C30H29BrN4O7/c1-18-27(29(37)40-3)28(34-30(38)33-18)21-8-13-24(25(14-21)39-2)42-17-26(36)35-32-15-19-6-11-23(12-7-19)41-16-20-4-9-22(31)10-5-20/h4-15,28H,16-17H2,1-3H3,(H,35,36)(H2,33,34,38)/b32-15-/t28-/m0/s1. The highest BCUT2D eigenvalue weighted by atomic mass is 79.9. The Morgan fingerprint density at radius 2 is 1.74 bits per heavy atom. The van der Waals surface area contributed by atoms with Gasteiger partial charge in [-0.2, -0.15) is 5.10 Å². The summed E-state index contributed by atoms with van der Waals surface area (Å²) < 4.78 is 22.7. The third-order valence-corrected chi connectivity index (χ3v) is 6.68. The number of hydrogen-bond acceptors (Lipinski definition) is 8. The fraction of sp³-hybridized carbons (Fsp3) is 0.200. The molecule has 0 fully saturated rings. The Labute approximate surface area is 251 Å². The second-order valence-electron chi connectivity index (χ2n) is 9.04. The zero-order valence-electron chi connectivity index (χ0n) is 23.1. The SMILES string of the molecule is COC(=O)C1=C(C)NC(=O)N[C@H]1c1ccc(OCC(=O)N/N=C\c2ccc(OCc3ccc(Br)cc3)cc2)c(OC)c1. The molecule has 0 aliphatic carbocycles. The molecule has 0 saturated heterocycles. The minimum atomic E-state index is -0.765. The van der Waals surface area contributed by atoms with Gasteiger partial charge in [0.05, 0.1) is 32.0 Å². The lowest BCUT2D eigenvalue weighted by Crippen LogP contribution is -2.45. The molecule has 0 bridgehead atoms. The maximum absolute atomic E-state index is 12.4. The van der Waals surface area contributed by atoms with Gasteiger partial charge in [-0.15, -0.1) is 0 Å². The zero-order chi connectivity index (χ0) is 30.1. The van der Waals surface area contributed by atoms with E-state index in [1.165, 1.54) is 20.4 Å². The van der Waals surface area contributed by atoms with Gasteiger partial charge in [-0.25, -0.2) is 15.0 Å². The minimum Gasteiger partial charge on any atom is -0.493 e. The number of esters is 1. The van der Waals surface area contributed by atoms with E-state index in [0.29, 0.717) is 35.1 Å². The van der Waals surface area contributed by atoms with Gasteiger partial charge in [0, 0.05) is 10.2 Å². The van der Waals surface area contributed by atoms with Crippen molar-refractivity contribution in [2.24, 2.45) is 5.10 Å². The molecular formula is C30H29BrN4O7. The highest BCUT2D eigenvalue weighted by molar-refractivity contribution is 9.10. The van der Waals surface area contributed by atoms with Crippen molar-refractivity contribution >= 4 is 40.1 Å². The number of benzene rings is 3. The third-order valence-electron chi connectivity index (χ3n) is 6.16. The summed E-state index contributed by atoms with van der Waals surface area (Å²) >= 11 is 3.41. The first kappa shape index (κ1) is 30.1. The lowest BCUT2D eigenvalue weighted by molar-refractivity contribution is -0.136. The molecule has 42 heavy (non-hydrogen) atoms. The highest BCUT2D eigenvalue weighted by Gasteiger charge is 2.32. The molecule has 12 heteroatoms. The number of ether oxygens (including phenoxy) is 4. The second kappa shape index (κ2) is 14.2. The van der Waals surface area contributed by atoms with Crippen LogP contribution < -0.4 is 30.3 Å². The predicted octanol–water partition coefficient (Wildman–Crippen LogP) is 4.37. The molecular weight excluding hydrogens is 608 g/mol. The van der Waals surface area contributed by atoms with Crippen LogP contribution in [0.1, 0.15) is 29.7 Å². The Bertz CT molecular complexity index is 1510. The molecule has 0 aromatic heterocycles. The average Bonchev–Trinajstić information content (AvgIpc) is 2.99. The number of methoxy groups -OCH3 is 2. The molecule has 0 radical (unpaired) electrons. The van der Waals surface area contributed by atoms with Gasteiger partial charge in [0.15, 0.2) is 18.1 Å². The predicted molar refractivity (Wildman–Crippen MR) is 158 cm³/mol. The van der Waals surface area contributed by atoms with E-state index < -0.39 is 23.9 Å². The van der Waals surface area contributed by atoms with E-state index >= 15 is 0 Å². The van der Waals surface area contributed by atoms with E-state index in [-0.39, 0.29) is 12.2 Å². The summed E-state index contributed by atoms with van der Waals surface area (Å²) in [5, 5.41) is 9.25. The lowest BCUT2D eigenvalue weighted by atomic mass is 9.95. The lowest BCUT2D eigenvalue weighted by Gasteiger charge is -2.28. The van der Waals surface area contributed by atoms with E-state index in [4.69, 9.17) is 18.9 Å². The number of nitrogens with zero attached hydrogens (tertiary/aromatic N) is 1. The molecule has 4 rings (SSSR count). The number of hydrogen-bond donors (Lipinski definition) is 3. The van der Waals surface area contributed by atoms with Gasteiger partial charge in [0.2, 0.25) is 0 Å². The summed E-state index contributed by atoms with van der Waals surface area (Å²) in [4.78, 5) is 36.7. The zero-order valence-corrected chi connectivity index (χ0v) is 24.7. The van der Waals surface area contributed by atoms with Gasteiger partial charge >= 0.3 is 12.0 Å². The smallest absolute Gasteiger partial charge is 0.337 e. The summed E-state index contributed by atoms with van der Waals surface area (Å²) in [6.45, 7) is 1.74. The number of nitrogens with one attached hydrogen (secondary N) is 3. The average molecular weight is 637 g/mol. The first-order valence-corrected chi connectivity index (χ1v) is 13.5. The second-order valence-corrected chi connectivity index (χ2v) is 9.95. The highest BCUT2D eigenvalue weighted by Crippen LogP contribution is 2.34. The number of amides is 3. The van der Waals surface area contributed by atoms with Crippen LogP contribution in [-0.2, 0) is 20.9 Å². The van der Waals surface area contributed by atoms with Gasteiger partial charge in [0.1, 0.15) is 12.4 Å². The number of halogens is 1. The molecule has 11 nitrogen and oxygen atoms in total. The monoisotopic (exact) mass is 636 g/mol. The topological polar surface area (TPSA) is 137 Å². The Morgan fingerprint density at radius 3 is 2.43 bits per heavy atom. The third kappa shape index (κ3) is 7.88. The van der Waals surface area contributed by atoms with Crippen LogP contribution in [0.15, 0.2) is 87.6 Å². The van der Waals surface area contributed by atoms with Crippen molar-refractivity contribution in [3.8, 4) is 17.2 Å². The molecule has 3 aromatic carbocycles. The van der Waals surface area contributed by atoms with E-state index in [1.807, 2.05) is 48.5 Å². The normalized spacial score (nSPS) is 14.6. The van der Waals surface area contributed by atoms with Crippen LogP contribution >= 0.6 is 15.9 Å². The summed E-state index contributed by atoms with van der Waals surface area (Å²) in [6, 6.07) is 18.8. The van der Waals surface area contributed by atoms with Crippen LogP contribution in [0.2, 0.25) is 0 Å². The molecule has 1 aliphatic heterocycles. The van der Waals surface area contributed by atoms with E-state index in [1.54, 1.807) is 25.1 Å². The van der Waals surface area contributed by atoms with Crippen molar-refractivity contribution < 1.29 is 33.3 Å². The molecule has 1 heterocycles. The van der Waals surface area contributed by atoms with Crippen molar-refractivity contribution in [3.05, 3.63) is 99.2 Å². The summed E-state index contributed by atoms with van der Waals surface area (Å²) in [6.07, 6.45) is 1.51. The number of rotatable bonds is 11. The van der Waals surface area contributed by atoms with Crippen LogP contribution in [0.25, 0.3) is 0 Å². The molecule has 3 aromatic rings. The van der Waals surface area contributed by atoms with Crippen molar-refractivity contribution in [1.82, 2.24) is 16.1 Å². The molecule has 3 N–H and O–H groups in total. The van der Waals surface area contributed by atoms with Crippen molar-refractivity contribution in [1.29, 1.82) is 0 Å². The summed E-state index contributed by atoms with van der Waals surface area (Å²) in [5.74, 6) is 0.245. The number of carbonyl (C=O) groups excluding carboxylic acids is 3. The Balaban J connectivity index is 1.30. The first-order valence-electron chi connectivity index (χ1n) is 12.7. The molecule has 0 unspecified atom stereocenters. The molecule has 218 valence electrons. The number of urea groups is 1. The molecule has 1 atom stereocenters. The van der Waals surface area contributed by atoms with E-state index in [0.717, 1.165) is 15.6 Å². The van der Waals surface area contributed by atoms with Crippen LogP contribution in [0.5, 0.6) is 17.2 Å². The largest absolute Gasteiger partial charge is 0.493 e. The maximum atomic E-state index is 12.4. The molecule has 3 amide bonds. The van der Waals surface area contributed by atoms with Crippen LogP contribution in [0.4, 0.5) is 4.79 Å². The van der Waals surface area contributed by atoms with E-state index in [2.05, 4.69) is 37.1 Å². The maximum Gasteiger partial charge on any atom is 0.337 e. The summed E-state index contributed by atoms with van der Waals surface area (Å²) in [5.41, 5.74) is 5.44. The van der Waals surface area contributed by atoms with Crippen LogP contribution in [0.3, 0.4) is 0 Å². The van der Waals surface area contributed by atoms with Gasteiger partial charge in [0.25, 0.3) is 5.91 Å². The van der Waals surface area contributed by atoms with Gasteiger partial charge < -0.3 is 29.6 Å². The Morgan fingerprint density at radius 1 is 1.00 bits per heavy atom. The Kier molecular flexibility index (Phi) is 10.2. The van der Waals surface area contributed by atoms with Gasteiger partial charge in [-0.3, -0.25) is 4.79 Å². The van der Waals surface area contributed by atoms with Crippen LogP contribution in [0, 0.1) is 0 Å². The fourth-order valence-electron chi connectivity index (χ4n) is 4.06. The van der Waals surface area contributed by atoms with Crippen molar-refractivity contribution in [2.45, 2.75) is 19.6 Å². The van der Waals surface area contributed by atoms with Crippen LogP contribution in [-0.4, -0.2) is 44.9 Å². The number of hydrazone groups is 1. The number of allylic oxidation sites excluding steroid dienone is 1. The molecule has 0 saturated carbocycles. The first-order chi connectivity index (χ1) is 20.3. The minimum absolute atomic E-state index is 0.257. The Hall–Kier alpha value is -4.84. The fourth-order valence-corrected chi connectivity index (χ4v) is 4.32.